The zero-order valence-corrected chi connectivity index (χ0v) is 14.7. The quantitative estimate of drug-likeness (QED) is 0.477. The maximum atomic E-state index is 5.46. The van der Waals surface area contributed by atoms with Crippen LogP contribution in [0.25, 0.3) is 39.9 Å². The smallest absolute Gasteiger partial charge is 0.258 e. The van der Waals surface area contributed by atoms with Crippen LogP contribution in [0, 0.1) is 0 Å². The molecule has 0 aliphatic heterocycles. The molecule has 134 valence electrons. The van der Waals surface area contributed by atoms with E-state index in [0.717, 1.165) is 22.5 Å². The lowest BCUT2D eigenvalue weighted by molar-refractivity contribution is 0.432. The molecule has 0 amide bonds. The van der Waals surface area contributed by atoms with Crippen LogP contribution in [0.2, 0.25) is 0 Å². The van der Waals surface area contributed by atoms with E-state index in [-0.39, 0.29) is 0 Å². The van der Waals surface area contributed by atoms with Crippen LogP contribution in [-0.4, -0.2) is 30.1 Å². The molecular formula is C21H14N6O. The summed E-state index contributed by atoms with van der Waals surface area (Å²) in [6.45, 7) is 0. The van der Waals surface area contributed by atoms with Gasteiger partial charge in [0.1, 0.15) is 5.69 Å². The van der Waals surface area contributed by atoms with Crippen molar-refractivity contribution >= 4 is 0 Å². The molecule has 5 rings (SSSR count). The Hall–Kier alpha value is -4.13. The number of para-hydroxylation sites is 1. The van der Waals surface area contributed by atoms with Gasteiger partial charge in [0.05, 0.1) is 5.69 Å². The minimum absolute atomic E-state index is 0.382. The largest absolute Gasteiger partial charge is 0.334 e. The first-order chi connectivity index (χ1) is 13.9. The molecule has 28 heavy (non-hydrogen) atoms. The molecule has 0 fully saturated rings. The van der Waals surface area contributed by atoms with Crippen molar-refractivity contribution in [1.82, 2.24) is 30.1 Å². The van der Waals surface area contributed by atoms with Crippen LogP contribution in [0.3, 0.4) is 0 Å². The third-order valence-electron chi connectivity index (χ3n) is 4.28. The first-order valence-electron chi connectivity index (χ1n) is 8.71. The van der Waals surface area contributed by atoms with Crippen LogP contribution < -0.4 is 0 Å². The summed E-state index contributed by atoms with van der Waals surface area (Å²) in [5.41, 5.74) is 3.96. The summed E-state index contributed by atoms with van der Waals surface area (Å²) in [5.74, 6) is 0.818. The van der Waals surface area contributed by atoms with Crippen LogP contribution in [0.15, 0.2) is 89.7 Å². The topological polar surface area (TPSA) is 82.5 Å². The summed E-state index contributed by atoms with van der Waals surface area (Å²) >= 11 is 0. The van der Waals surface area contributed by atoms with E-state index in [4.69, 9.17) is 4.52 Å². The molecular weight excluding hydrogens is 352 g/mol. The molecule has 0 radical (unpaired) electrons. The molecule has 0 saturated carbocycles. The number of hydrogen-bond donors (Lipinski definition) is 0. The van der Waals surface area contributed by atoms with Gasteiger partial charge in [-0.15, -0.1) is 5.10 Å². The maximum Gasteiger partial charge on any atom is 0.258 e. The van der Waals surface area contributed by atoms with Gasteiger partial charge in [0.2, 0.25) is 5.82 Å². The van der Waals surface area contributed by atoms with Crippen molar-refractivity contribution in [3.05, 3.63) is 85.2 Å². The molecule has 2 aromatic carbocycles. The Morgan fingerprint density at radius 2 is 1.46 bits per heavy atom. The average molecular weight is 366 g/mol. The fourth-order valence-electron chi connectivity index (χ4n) is 2.97. The Labute approximate surface area is 160 Å². The molecule has 0 aliphatic carbocycles. The summed E-state index contributed by atoms with van der Waals surface area (Å²) in [6, 6.07) is 23.2. The number of rotatable bonds is 4. The van der Waals surface area contributed by atoms with Gasteiger partial charge in [-0.3, -0.25) is 4.98 Å². The Morgan fingerprint density at radius 3 is 2.21 bits per heavy atom. The number of benzene rings is 2. The van der Waals surface area contributed by atoms with Crippen molar-refractivity contribution in [2.24, 2.45) is 0 Å². The van der Waals surface area contributed by atoms with E-state index < -0.39 is 0 Å². The second kappa shape index (κ2) is 6.88. The highest BCUT2D eigenvalue weighted by atomic mass is 16.5. The van der Waals surface area contributed by atoms with Gasteiger partial charge in [-0.1, -0.05) is 46.8 Å². The Bertz CT molecular complexity index is 1200. The fraction of sp³-hybridized carbons (Fsp3) is 0. The Balaban J connectivity index is 1.67. The first kappa shape index (κ1) is 16.1. The second-order valence-electron chi connectivity index (χ2n) is 6.06. The van der Waals surface area contributed by atoms with Gasteiger partial charge in [-0.05, 0) is 36.4 Å². The molecule has 5 aromatic rings. The minimum Gasteiger partial charge on any atom is -0.334 e. The van der Waals surface area contributed by atoms with E-state index in [2.05, 4.69) is 25.4 Å². The number of aromatic nitrogens is 6. The standard InChI is InChI=1S/C21H14N6O/c1-3-7-16(8-4-1)21-23-20(25-28-21)18-19(15-11-13-22-14-12-15)27(26-24-18)17-9-5-2-6-10-17/h1-14H. The van der Waals surface area contributed by atoms with Crippen molar-refractivity contribution in [3.8, 4) is 39.9 Å². The number of pyridine rings is 1. The summed E-state index contributed by atoms with van der Waals surface area (Å²) in [4.78, 5) is 8.64. The average Bonchev–Trinajstić information content (AvgIpc) is 3.43. The number of nitrogens with zero attached hydrogens (tertiary/aromatic N) is 6. The molecule has 0 saturated heterocycles. The molecule has 0 atom stereocenters. The third kappa shape index (κ3) is 2.84. The van der Waals surface area contributed by atoms with Crippen LogP contribution in [0.1, 0.15) is 0 Å². The highest BCUT2D eigenvalue weighted by Gasteiger charge is 2.22. The van der Waals surface area contributed by atoms with E-state index in [1.165, 1.54) is 0 Å². The van der Waals surface area contributed by atoms with E-state index in [1.807, 2.05) is 72.8 Å². The van der Waals surface area contributed by atoms with Crippen LogP contribution in [0.5, 0.6) is 0 Å². The predicted octanol–water partition coefficient (Wildman–Crippen LogP) is 4.05. The molecule has 0 aliphatic rings. The minimum atomic E-state index is 0.382. The van der Waals surface area contributed by atoms with Crippen molar-refractivity contribution in [1.29, 1.82) is 0 Å². The lowest BCUT2D eigenvalue weighted by Gasteiger charge is -2.07. The first-order valence-corrected chi connectivity index (χ1v) is 8.71. The Kier molecular flexibility index (Phi) is 3.95. The normalized spacial score (nSPS) is 10.9. The molecule has 7 nitrogen and oxygen atoms in total. The predicted molar refractivity (Wildman–Crippen MR) is 103 cm³/mol. The summed E-state index contributed by atoms with van der Waals surface area (Å²) in [5, 5.41) is 12.8. The summed E-state index contributed by atoms with van der Waals surface area (Å²) < 4.78 is 7.23. The zero-order valence-electron chi connectivity index (χ0n) is 14.7. The molecule has 3 aromatic heterocycles. The lowest BCUT2D eigenvalue weighted by Crippen LogP contribution is -1.99. The van der Waals surface area contributed by atoms with Crippen LogP contribution in [0.4, 0.5) is 0 Å². The molecule has 0 spiro atoms. The fourth-order valence-corrected chi connectivity index (χ4v) is 2.97. The summed E-state index contributed by atoms with van der Waals surface area (Å²) in [7, 11) is 0. The highest BCUT2D eigenvalue weighted by molar-refractivity contribution is 5.76. The van der Waals surface area contributed by atoms with E-state index in [0.29, 0.717) is 17.4 Å². The lowest BCUT2D eigenvalue weighted by atomic mass is 10.1. The van der Waals surface area contributed by atoms with Gasteiger partial charge in [0.15, 0.2) is 5.69 Å². The van der Waals surface area contributed by atoms with Crippen LogP contribution >= 0.6 is 0 Å². The van der Waals surface area contributed by atoms with Crippen molar-refractivity contribution in [3.63, 3.8) is 0 Å². The van der Waals surface area contributed by atoms with E-state index in [1.54, 1.807) is 17.1 Å². The molecule has 0 N–H and O–H groups in total. The highest BCUT2D eigenvalue weighted by Crippen LogP contribution is 2.31. The van der Waals surface area contributed by atoms with Gasteiger partial charge >= 0.3 is 0 Å². The van der Waals surface area contributed by atoms with Crippen molar-refractivity contribution in [2.45, 2.75) is 0 Å². The maximum absolute atomic E-state index is 5.46. The van der Waals surface area contributed by atoms with Gasteiger partial charge in [-0.25, -0.2) is 4.68 Å². The van der Waals surface area contributed by atoms with Crippen LogP contribution in [-0.2, 0) is 0 Å². The molecule has 0 unspecified atom stereocenters. The summed E-state index contributed by atoms with van der Waals surface area (Å²) in [6.07, 6.45) is 3.46. The molecule has 7 heteroatoms. The second-order valence-corrected chi connectivity index (χ2v) is 6.06. The van der Waals surface area contributed by atoms with Gasteiger partial charge < -0.3 is 4.52 Å². The zero-order chi connectivity index (χ0) is 18.8. The van der Waals surface area contributed by atoms with Gasteiger partial charge in [-0.2, -0.15) is 4.98 Å². The molecule has 3 heterocycles. The van der Waals surface area contributed by atoms with E-state index in [9.17, 15) is 0 Å². The van der Waals surface area contributed by atoms with Gasteiger partial charge in [0.25, 0.3) is 5.89 Å². The van der Waals surface area contributed by atoms with Crippen molar-refractivity contribution in [2.75, 3.05) is 0 Å². The van der Waals surface area contributed by atoms with Gasteiger partial charge in [0, 0.05) is 23.5 Å². The Morgan fingerprint density at radius 1 is 0.750 bits per heavy atom. The number of hydrogen-bond acceptors (Lipinski definition) is 6. The monoisotopic (exact) mass is 366 g/mol. The van der Waals surface area contributed by atoms with E-state index >= 15 is 0 Å². The SMILES string of the molecule is c1ccc(-c2nc(-c3nnn(-c4ccccc4)c3-c3ccncc3)no2)cc1. The van der Waals surface area contributed by atoms with Crippen molar-refractivity contribution < 1.29 is 4.52 Å². The third-order valence-corrected chi connectivity index (χ3v) is 4.28. The molecule has 0 bridgehead atoms.